The summed E-state index contributed by atoms with van der Waals surface area (Å²) in [7, 11) is 0. The zero-order chi connectivity index (χ0) is 21.9. The van der Waals surface area contributed by atoms with Gasteiger partial charge in [-0.25, -0.2) is 0 Å². The Bertz CT molecular complexity index is 969. The van der Waals surface area contributed by atoms with Crippen molar-refractivity contribution in [3.8, 4) is 5.75 Å². The minimum Gasteiger partial charge on any atom is -0.484 e. The molecule has 11 heteroatoms. The Morgan fingerprint density at radius 3 is 2.52 bits per heavy atom. The number of carbonyl (C=O) groups excluding carboxylic acids is 1. The van der Waals surface area contributed by atoms with Crippen LogP contribution in [0.3, 0.4) is 0 Å². The molecule has 4 aliphatic rings. The van der Waals surface area contributed by atoms with Crippen molar-refractivity contribution < 1.29 is 31.9 Å². The van der Waals surface area contributed by atoms with Gasteiger partial charge in [0.05, 0.1) is 11.5 Å². The second-order valence-corrected chi connectivity index (χ2v) is 9.12. The maximum absolute atomic E-state index is 12.2. The van der Waals surface area contributed by atoms with Gasteiger partial charge in [0.1, 0.15) is 5.75 Å². The highest BCUT2D eigenvalue weighted by Gasteiger charge is 2.72. The minimum atomic E-state index is -4.62. The fourth-order valence-electron chi connectivity index (χ4n) is 4.83. The van der Waals surface area contributed by atoms with Crippen LogP contribution in [0.25, 0.3) is 0 Å². The summed E-state index contributed by atoms with van der Waals surface area (Å²) in [6.07, 6.45) is -2.98. The molecular formula is C20H19ClF3N3O4. The Hall–Kier alpha value is -2.33. The number of amides is 1. The largest absolute Gasteiger partial charge is 0.522 e. The smallest absolute Gasteiger partial charge is 0.484 e. The predicted molar refractivity (Wildman–Crippen MR) is 101 cm³/mol. The number of hydrogen-bond donors (Lipinski definition) is 1. The van der Waals surface area contributed by atoms with Gasteiger partial charge in [-0.2, -0.15) is 0 Å². The monoisotopic (exact) mass is 457 g/mol. The van der Waals surface area contributed by atoms with Gasteiger partial charge in [0.15, 0.2) is 6.61 Å². The number of nitrogens with one attached hydrogen (secondary N) is 1. The molecule has 0 radical (unpaired) electrons. The van der Waals surface area contributed by atoms with Crippen LogP contribution in [-0.4, -0.2) is 40.7 Å². The summed E-state index contributed by atoms with van der Waals surface area (Å²) in [5.74, 6) is 0.998. The van der Waals surface area contributed by atoms with Crippen LogP contribution in [0.2, 0.25) is 5.02 Å². The Morgan fingerprint density at radius 1 is 1.19 bits per heavy atom. The van der Waals surface area contributed by atoms with Gasteiger partial charge in [0.25, 0.3) is 5.91 Å². The van der Waals surface area contributed by atoms with Gasteiger partial charge in [-0.1, -0.05) is 11.6 Å². The molecular weight excluding hydrogens is 439 g/mol. The Balaban J connectivity index is 1.08. The molecule has 31 heavy (non-hydrogen) atoms. The van der Waals surface area contributed by atoms with E-state index in [9.17, 15) is 18.0 Å². The van der Waals surface area contributed by atoms with Crippen molar-refractivity contribution in [1.82, 2.24) is 15.5 Å². The van der Waals surface area contributed by atoms with Gasteiger partial charge in [-0.3, -0.25) is 9.53 Å². The first-order chi connectivity index (χ1) is 14.6. The van der Waals surface area contributed by atoms with Crippen molar-refractivity contribution in [3.63, 3.8) is 0 Å². The van der Waals surface area contributed by atoms with Gasteiger partial charge < -0.3 is 14.5 Å². The molecule has 7 nitrogen and oxygen atoms in total. The first-order valence-corrected chi connectivity index (χ1v) is 10.3. The first kappa shape index (κ1) is 20.6. The molecule has 1 aromatic heterocycles. The van der Waals surface area contributed by atoms with Crippen LogP contribution in [0.4, 0.5) is 13.2 Å². The van der Waals surface area contributed by atoms with Crippen LogP contribution in [-0.2, 0) is 14.9 Å². The lowest BCUT2D eigenvalue weighted by Crippen LogP contribution is -2.77. The lowest BCUT2D eigenvalue weighted by Gasteiger charge is -2.68. The molecule has 4 saturated carbocycles. The predicted octanol–water partition coefficient (Wildman–Crippen LogP) is 3.87. The highest BCUT2D eigenvalue weighted by atomic mass is 35.5. The van der Waals surface area contributed by atoms with E-state index < -0.39 is 12.5 Å². The first-order valence-electron chi connectivity index (χ1n) is 9.92. The Labute approximate surface area is 180 Å². The van der Waals surface area contributed by atoms with Crippen LogP contribution in [0.5, 0.6) is 5.75 Å². The summed E-state index contributed by atoms with van der Waals surface area (Å²) in [4.78, 5) is 12.2. The van der Waals surface area contributed by atoms with Gasteiger partial charge in [0.2, 0.25) is 11.8 Å². The Morgan fingerprint density at radius 2 is 1.87 bits per heavy atom. The Kier molecular flexibility index (Phi) is 4.71. The third-order valence-electron chi connectivity index (χ3n) is 6.26. The normalized spacial score (nSPS) is 31.2. The standard InChI is InChI=1S/C20H19ClF3N3O4/c21-12-1-3-13(4-2-12)29-7-15(28)25-19-8-18(9-19,10-19)17-27-26-16(30-17)11-5-14(6-11)31-20(22,23)24/h1-4,11,14H,5-10H2,(H,25,28)/t11-,14+,18?,19?. The molecule has 2 aromatic rings. The number of hydrogen-bond acceptors (Lipinski definition) is 6. The molecule has 1 N–H and O–H groups in total. The molecule has 4 aliphatic carbocycles. The zero-order valence-electron chi connectivity index (χ0n) is 16.2. The fraction of sp³-hybridized carbons (Fsp3) is 0.550. The lowest BCUT2D eigenvalue weighted by atomic mass is 9.39. The molecule has 0 atom stereocenters. The van der Waals surface area contributed by atoms with E-state index in [1.807, 2.05) is 0 Å². The number of nitrogens with zero attached hydrogens (tertiary/aromatic N) is 2. The SMILES string of the molecule is O=C(COc1ccc(Cl)cc1)NC12CC(c3nnc([C@H]4C[C@@H](OC(F)(F)F)C4)o3)(C1)C2. The van der Waals surface area contributed by atoms with Crippen molar-refractivity contribution in [2.45, 2.75) is 61.4 Å². The van der Waals surface area contributed by atoms with E-state index in [4.69, 9.17) is 20.8 Å². The van der Waals surface area contributed by atoms with Crippen molar-refractivity contribution in [2.75, 3.05) is 6.61 Å². The summed E-state index contributed by atoms with van der Waals surface area (Å²) in [5, 5.41) is 11.7. The summed E-state index contributed by atoms with van der Waals surface area (Å²) in [6.45, 7) is -0.0933. The molecule has 0 spiro atoms. The summed E-state index contributed by atoms with van der Waals surface area (Å²) < 4.78 is 51.9. The van der Waals surface area contributed by atoms with E-state index in [1.54, 1.807) is 24.3 Å². The lowest BCUT2D eigenvalue weighted by molar-refractivity contribution is -0.352. The van der Waals surface area contributed by atoms with Gasteiger partial charge in [-0.05, 0) is 56.4 Å². The number of rotatable bonds is 7. The van der Waals surface area contributed by atoms with E-state index in [-0.39, 0.29) is 42.2 Å². The van der Waals surface area contributed by atoms with E-state index in [0.717, 1.165) is 0 Å². The maximum atomic E-state index is 12.2. The number of alkyl halides is 3. The number of aromatic nitrogens is 2. The molecule has 0 aliphatic heterocycles. The van der Waals surface area contributed by atoms with Gasteiger partial charge in [0, 0.05) is 16.5 Å². The van der Waals surface area contributed by atoms with Crippen molar-refractivity contribution >= 4 is 17.5 Å². The molecule has 166 valence electrons. The van der Waals surface area contributed by atoms with E-state index in [1.165, 1.54) is 0 Å². The van der Waals surface area contributed by atoms with Crippen LogP contribution in [0.1, 0.15) is 49.8 Å². The minimum absolute atomic E-state index is 0.0933. The number of benzene rings is 1. The van der Waals surface area contributed by atoms with Crippen LogP contribution in [0.15, 0.2) is 28.7 Å². The third-order valence-corrected chi connectivity index (χ3v) is 6.51. The summed E-state index contributed by atoms with van der Waals surface area (Å²) in [5.41, 5.74) is -0.529. The van der Waals surface area contributed by atoms with Crippen molar-refractivity contribution in [1.29, 1.82) is 0 Å². The van der Waals surface area contributed by atoms with Gasteiger partial charge in [-0.15, -0.1) is 23.4 Å². The molecule has 4 fully saturated rings. The van der Waals surface area contributed by atoms with Crippen LogP contribution >= 0.6 is 11.6 Å². The second kappa shape index (κ2) is 7.09. The molecule has 1 heterocycles. The van der Waals surface area contributed by atoms with Gasteiger partial charge >= 0.3 is 6.36 Å². The molecule has 6 rings (SSSR count). The van der Waals surface area contributed by atoms with Crippen LogP contribution in [0, 0.1) is 0 Å². The van der Waals surface area contributed by atoms with Crippen molar-refractivity contribution in [3.05, 3.63) is 41.1 Å². The average molecular weight is 458 g/mol. The number of ether oxygens (including phenoxy) is 2. The number of halogens is 4. The second-order valence-electron chi connectivity index (χ2n) is 8.68. The van der Waals surface area contributed by atoms with E-state index >= 15 is 0 Å². The average Bonchev–Trinajstić information content (AvgIpc) is 3.07. The maximum Gasteiger partial charge on any atom is 0.522 e. The zero-order valence-corrected chi connectivity index (χ0v) is 17.0. The van der Waals surface area contributed by atoms with E-state index in [2.05, 4.69) is 20.3 Å². The molecule has 0 saturated heterocycles. The topological polar surface area (TPSA) is 86.5 Å². The highest BCUT2D eigenvalue weighted by molar-refractivity contribution is 6.30. The molecule has 1 aromatic carbocycles. The van der Waals surface area contributed by atoms with E-state index in [0.29, 0.717) is 41.8 Å². The van der Waals surface area contributed by atoms with Crippen LogP contribution < -0.4 is 10.1 Å². The summed E-state index contributed by atoms with van der Waals surface area (Å²) >= 11 is 5.82. The molecule has 1 amide bonds. The quantitative estimate of drug-likeness (QED) is 0.679. The van der Waals surface area contributed by atoms with Crippen molar-refractivity contribution in [2.24, 2.45) is 0 Å². The number of carbonyl (C=O) groups is 1. The molecule has 0 unspecified atom stereocenters. The fourth-order valence-corrected chi connectivity index (χ4v) is 4.95. The highest BCUT2D eigenvalue weighted by Crippen LogP contribution is 2.67. The third kappa shape index (κ3) is 3.98. The molecule has 2 bridgehead atoms. The summed E-state index contributed by atoms with van der Waals surface area (Å²) in [6, 6.07) is 6.76.